The zero-order valence-corrected chi connectivity index (χ0v) is 9.30. The van der Waals surface area contributed by atoms with Crippen molar-refractivity contribution in [2.45, 2.75) is 6.61 Å². The van der Waals surface area contributed by atoms with Gasteiger partial charge in [0.25, 0.3) is 0 Å². The molecule has 17 heavy (non-hydrogen) atoms. The van der Waals surface area contributed by atoms with Crippen LogP contribution >= 0.6 is 0 Å². The van der Waals surface area contributed by atoms with Crippen LogP contribution in [0, 0.1) is 0 Å². The first-order valence-electron chi connectivity index (χ1n) is 5.30. The maximum atomic E-state index is 10.7. The van der Waals surface area contributed by atoms with Gasteiger partial charge in [-0.3, -0.25) is 4.79 Å². The molecular weight excluding hydrogens is 211 g/mol. The van der Waals surface area contributed by atoms with Crippen molar-refractivity contribution in [2.24, 2.45) is 0 Å². The summed E-state index contributed by atoms with van der Waals surface area (Å²) in [5, 5.41) is 0. The molecule has 0 aliphatic rings. The van der Waals surface area contributed by atoms with Crippen LogP contribution in [0.1, 0.15) is 15.9 Å². The van der Waals surface area contributed by atoms with Crippen molar-refractivity contribution in [1.29, 1.82) is 0 Å². The Morgan fingerprint density at radius 2 is 1.88 bits per heavy atom. The minimum atomic E-state index is 0.461. The lowest BCUT2D eigenvalue weighted by Crippen LogP contribution is -2.05. The van der Waals surface area contributed by atoms with Gasteiger partial charge in [-0.25, -0.2) is 0 Å². The van der Waals surface area contributed by atoms with Gasteiger partial charge in [0.05, 0.1) is 0 Å². The predicted molar refractivity (Wildman–Crippen MR) is 68.0 cm³/mol. The third-order valence-electron chi connectivity index (χ3n) is 2.34. The number of hydrogen-bond acceptors (Lipinski definition) is 2. The first-order chi connectivity index (χ1) is 8.28. The molecular formula is C14H11BO2. The summed E-state index contributed by atoms with van der Waals surface area (Å²) in [7, 11) is 5.67. The molecule has 0 spiro atoms. The Bertz CT molecular complexity index is 509. The standard InChI is InChI=1S/C14H11BO2/c15-13-6-12(9-16)7-14(8-13)17-10-11-4-2-1-3-5-11/h1-9H,10H2. The van der Waals surface area contributed by atoms with E-state index in [1.165, 1.54) is 0 Å². The van der Waals surface area contributed by atoms with Crippen LogP contribution in [0.4, 0.5) is 0 Å². The number of carbonyl (C=O) groups is 1. The van der Waals surface area contributed by atoms with Crippen LogP contribution < -0.4 is 10.2 Å². The number of rotatable bonds is 4. The first-order valence-corrected chi connectivity index (χ1v) is 5.30. The van der Waals surface area contributed by atoms with Gasteiger partial charge in [0.1, 0.15) is 26.5 Å². The van der Waals surface area contributed by atoms with Crippen LogP contribution in [0.3, 0.4) is 0 Å². The minimum absolute atomic E-state index is 0.461. The van der Waals surface area contributed by atoms with Gasteiger partial charge >= 0.3 is 0 Å². The summed E-state index contributed by atoms with van der Waals surface area (Å²) >= 11 is 0. The van der Waals surface area contributed by atoms with E-state index in [1.54, 1.807) is 18.2 Å². The second-order valence-electron chi connectivity index (χ2n) is 3.73. The molecule has 0 aliphatic heterocycles. The lowest BCUT2D eigenvalue weighted by atomic mass is 9.94. The number of aldehydes is 1. The lowest BCUT2D eigenvalue weighted by molar-refractivity contribution is 0.112. The van der Waals surface area contributed by atoms with Crippen molar-refractivity contribution in [1.82, 2.24) is 0 Å². The fourth-order valence-corrected chi connectivity index (χ4v) is 1.54. The van der Waals surface area contributed by atoms with Gasteiger partial charge in [0.15, 0.2) is 0 Å². The van der Waals surface area contributed by atoms with Gasteiger partial charge < -0.3 is 4.74 Å². The normalized spacial score (nSPS) is 9.88. The molecule has 0 fully saturated rings. The Hall–Kier alpha value is -2.03. The molecule has 0 saturated carbocycles. The number of hydrogen-bond donors (Lipinski definition) is 0. The highest BCUT2D eigenvalue weighted by Crippen LogP contribution is 2.12. The van der Waals surface area contributed by atoms with Crippen molar-refractivity contribution in [3.05, 3.63) is 59.7 Å². The molecule has 0 aromatic heterocycles. The van der Waals surface area contributed by atoms with Crippen LogP contribution in [0.5, 0.6) is 5.75 Å². The average Bonchev–Trinajstić information content (AvgIpc) is 2.37. The second-order valence-corrected chi connectivity index (χ2v) is 3.73. The lowest BCUT2D eigenvalue weighted by Gasteiger charge is -2.08. The molecule has 0 atom stereocenters. The van der Waals surface area contributed by atoms with E-state index in [0.29, 0.717) is 23.4 Å². The fourth-order valence-electron chi connectivity index (χ4n) is 1.54. The monoisotopic (exact) mass is 222 g/mol. The van der Waals surface area contributed by atoms with Crippen LogP contribution in [0.25, 0.3) is 0 Å². The van der Waals surface area contributed by atoms with E-state index < -0.39 is 0 Å². The Morgan fingerprint density at radius 3 is 2.59 bits per heavy atom. The van der Waals surface area contributed by atoms with Crippen LogP contribution in [-0.2, 0) is 6.61 Å². The molecule has 0 unspecified atom stereocenters. The van der Waals surface area contributed by atoms with Crippen molar-refractivity contribution < 1.29 is 9.53 Å². The highest BCUT2D eigenvalue weighted by Gasteiger charge is 1.99. The molecule has 82 valence electrons. The number of benzene rings is 2. The largest absolute Gasteiger partial charge is 0.489 e. The van der Waals surface area contributed by atoms with Crippen LogP contribution in [0.2, 0.25) is 0 Å². The molecule has 2 rings (SSSR count). The quantitative estimate of drug-likeness (QED) is 0.583. The first kappa shape index (κ1) is 11.5. The van der Waals surface area contributed by atoms with Crippen molar-refractivity contribution >= 4 is 19.6 Å². The molecule has 2 aromatic rings. The van der Waals surface area contributed by atoms with E-state index in [1.807, 2.05) is 30.3 Å². The summed E-state index contributed by atoms with van der Waals surface area (Å²) in [5.41, 5.74) is 2.12. The van der Waals surface area contributed by atoms with Gasteiger partial charge in [-0.1, -0.05) is 41.9 Å². The van der Waals surface area contributed by atoms with Gasteiger partial charge in [-0.15, -0.1) is 0 Å². The van der Waals surface area contributed by atoms with E-state index >= 15 is 0 Å². The smallest absolute Gasteiger partial charge is 0.150 e. The van der Waals surface area contributed by atoms with E-state index in [0.717, 1.165) is 11.8 Å². The summed E-state index contributed by atoms with van der Waals surface area (Å²) in [4.78, 5) is 10.7. The number of ether oxygens (including phenoxy) is 1. The molecule has 0 bridgehead atoms. The molecule has 0 amide bonds. The number of carbonyl (C=O) groups excluding carboxylic acids is 1. The van der Waals surface area contributed by atoms with Crippen molar-refractivity contribution in [3.8, 4) is 5.75 Å². The second kappa shape index (κ2) is 5.35. The molecule has 0 saturated heterocycles. The zero-order chi connectivity index (χ0) is 12.1. The molecule has 0 aliphatic carbocycles. The molecule has 2 nitrogen and oxygen atoms in total. The summed E-state index contributed by atoms with van der Waals surface area (Å²) in [6.07, 6.45) is 0.756. The van der Waals surface area contributed by atoms with Gasteiger partial charge in [-0.05, 0) is 17.7 Å². The highest BCUT2D eigenvalue weighted by atomic mass is 16.5. The Morgan fingerprint density at radius 1 is 1.12 bits per heavy atom. The van der Waals surface area contributed by atoms with Crippen LogP contribution in [-0.4, -0.2) is 14.1 Å². The van der Waals surface area contributed by atoms with E-state index in [2.05, 4.69) is 0 Å². The van der Waals surface area contributed by atoms with Crippen molar-refractivity contribution in [3.63, 3.8) is 0 Å². The molecule has 2 radical (unpaired) electrons. The van der Waals surface area contributed by atoms with E-state index in [9.17, 15) is 4.79 Å². The summed E-state index contributed by atoms with van der Waals surface area (Å²) in [6, 6.07) is 14.8. The molecule has 2 aromatic carbocycles. The fraction of sp³-hybridized carbons (Fsp3) is 0.0714. The summed E-state index contributed by atoms with van der Waals surface area (Å²) in [6.45, 7) is 0.461. The van der Waals surface area contributed by atoms with E-state index in [-0.39, 0.29) is 0 Å². The predicted octanol–water partition coefficient (Wildman–Crippen LogP) is 1.87. The maximum absolute atomic E-state index is 10.7. The highest BCUT2D eigenvalue weighted by molar-refractivity contribution is 6.32. The Labute approximate surface area is 102 Å². The Kier molecular flexibility index (Phi) is 3.60. The van der Waals surface area contributed by atoms with Gasteiger partial charge in [-0.2, -0.15) is 0 Å². The average molecular weight is 222 g/mol. The third kappa shape index (κ3) is 3.21. The van der Waals surface area contributed by atoms with Gasteiger partial charge in [0.2, 0.25) is 0 Å². The SMILES string of the molecule is [B]c1cc(C=O)cc(OCc2ccccc2)c1. The van der Waals surface area contributed by atoms with Gasteiger partial charge in [0, 0.05) is 5.56 Å². The zero-order valence-electron chi connectivity index (χ0n) is 9.30. The summed E-state index contributed by atoms with van der Waals surface area (Å²) in [5.74, 6) is 0.607. The topological polar surface area (TPSA) is 26.3 Å². The maximum Gasteiger partial charge on any atom is 0.150 e. The summed E-state index contributed by atoms with van der Waals surface area (Å²) < 4.78 is 5.58. The van der Waals surface area contributed by atoms with E-state index in [4.69, 9.17) is 12.6 Å². The third-order valence-corrected chi connectivity index (χ3v) is 2.34. The van der Waals surface area contributed by atoms with Crippen molar-refractivity contribution in [2.75, 3.05) is 0 Å². The minimum Gasteiger partial charge on any atom is -0.489 e. The molecule has 0 heterocycles. The Balaban J connectivity index is 2.09. The molecule has 3 heteroatoms. The van der Waals surface area contributed by atoms with Crippen LogP contribution in [0.15, 0.2) is 48.5 Å². The molecule has 0 N–H and O–H groups in total.